The predicted octanol–water partition coefficient (Wildman–Crippen LogP) is 2.09. The zero-order valence-electron chi connectivity index (χ0n) is 13.8. The van der Waals surface area contributed by atoms with E-state index in [0.717, 1.165) is 6.42 Å². The van der Waals surface area contributed by atoms with Gasteiger partial charge < -0.3 is 24.6 Å². The maximum atomic E-state index is 12.3. The van der Waals surface area contributed by atoms with Gasteiger partial charge >= 0.3 is 5.97 Å². The van der Waals surface area contributed by atoms with E-state index in [-0.39, 0.29) is 5.56 Å². The topological polar surface area (TPSA) is 94.1 Å². The molecule has 1 aromatic rings. The highest BCUT2D eigenvalue weighted by Crippen LogP contribution is 2.38. The molecule has 0 aliphatic rings. The van der Waals surface area contributed by atoms with Gasteiger partial charge in [0, 0.05) is 5.56 Å². The smallest absolute Gasteiger partial charge is 0.326 e. The van der Waals surface area contributed by atoms with Gasteiger partial charge in [-0.1, -0.05) is 19.8 Å². The van der Waals surface area contributed by atoms with Crippen molar-refractivity contribution in [1.82, 2.24) is 5.32 Å². The Bertz CT molecular complexity index is 532. The summed E-state index contributed by atoms with van der Waals surface area (Å²) < 4.78 is 15.6. The normalized spacial score (nSPS) is 11.5. The summed E-state index contributed by atoms with van der Waals surface area (Å²) in [5.41, 5.74) is 0.238. The Morgan fingerprint density at radius 1 is 1.13 bits per heavy atom. The third-order valence-electron chi connectivity index (χ3n) is 3.38. The third kappa shape index (κ3) is 4.77. The molecule has 0 spiro atoms. The molecule has 128 valence electrons. The number of carbonyl (C=O) groups excluding carboxylic acids is 1. The molecule has 0 saturated carbocycles. The number of methoxy groups -OCH3 is 3. The van der Waals surface area contributed by atoms with Crippen molar-refractivity contribution in [2.45, 2.75) is 32.2 Å². The standard InChI is InChI=1S/C16H23NO6/c1-5-6-7-11(16(19)20)17-15(18)10-8-12(21-2)14(23-4)13(9-10)22-3/h8-9,11H,5-7H2,1-4H3,(H,17,18)(H,19,20)/t11-/m0/s1. The summed E-state index contributed by atoms with van der Waals surface area (Å²) in [6, 6.07) is 2.03. The molecule has 1 atom stereocenters. The van der Waals surface area contributed by atoms with Gasteiger partial charge in [-0.3, -0.25) is 4.79 Å². The molecule has 7 heteroatoms. The van der Waals surface area contributed by atoms with Crippen molar-refractivity contribution in [2.24, 2.45) is 0 Å². The van der Waals surface area contributed by atoms with Crippen LogP contribution in [0.25, 0.3) is 0 Å². The van der Waals surface area contributed by atoms with Gasteiger partial charge in [-0.25, -0.2) is 4.79 Å². The van der Waals surface area contributed by atoms with Gasteiger partial charge in [-0.15, -0.1) is 0 Å². The first-order valence-electron chi connectivity index (χ1n) is 7.32. The van der Waals surface area contributed by atoms with Crippen molar-refractivity contribution in [3.8, 4) is 17.2 Å². The van der Waals surface area contributed by atoms with Crippen LogP contribution in [0.2, 0.25) is 0 Å². The Morgan fingerprint density at radius 3 is 2.09 bits per heavy atom. The lowest BCUT2D eigenvalue weighted by atomic mass is 10.1. The molecule has 1 rings (SSSR count). The van der Waals surface area contributed by atoms with Gasteiger partial charge in [0.05, 0.1) is 21.3 Å². The van der Waals surface area contributed by atoms with Crippen LogP contribution in [0.3, 0.4) is 0 Å². The zero-order valence-corrected chi connectivity index (χ0v) is 13.8. The molecule has 0 unspecified atom stereocenters. The Labute approximate surface area is 135 Å². The molecule has 0 radical (unpaired) electrons. The molecule has 0 aliphatic heterocycles. The van der Waals surface area contributed by atoms with Gasteiger partial charge in [-0.05, 0) is 18.6 Å². The monoisotopic (exact) mass is 325 g/mol. The molecule has 0 aromatic heterocycles. The lowest BCUT2D eigenvalue weighted by Gasteiger charge is -2.16. The second kappa shape index (κ2) is 8.87. The van der Waals surface area contributed by atoms with Gasteiger partial charge in [0.25, 0.3) is 5.91 Å². The molecular formula is C16H23NO6. The average molecular weight is 325 g/mol. The Balaban J connectivity index is 3.04. The SMILES string of the molecule is CCCC[C@H](NC(=O)c1cc(OC)c(OC)c(OC)c1)C(=O)O. The van der Waals surface area contributed by atoms with Crippen LogP contribution in [-0.2, 0) is 4.79 Å². The van der Waals surface area contributed by atoms with E-state index in [2.05, 4.69) is 5.32 Å². The summed E-state index contributed by atoms with van der Waals surface area (Å²) >= 11 is 0. The summed E-state index contributed by atoms with van der Waals surface area (Å²) in [5.74, 6) is -0.533. The van der Waals surface area contributed by atoms with E-state index in [0.29, 0.717) is 30.1 Å². The number of carboxylic acid groups (broad SMARTS) is 1. The molecule has 1 aromatic carbocycles. The number of unbranched alkanes of at least 4 members (excludes halogenated alkanes) is 1. The second-order valence-electron chi connectivity index (χ2n) is 4.92. The van der Waals surface area contributed by atoms with Crippen LogP contribution < -0.4 is 19.5 Å². The van der Waals surface area contributed by atoms with Crippen molar-refractivity contribution in [3.63, 3.8) is 0 Å². The highest BCUT2D eigenvalue weighted by molar-refractivity contribution is 5.97. The molecule has 0 fully saturated rings. The third-order valence-corrected chi connectivity index (χ3v) is 3.38. The largest absolute Gasteiger partial charge is 0.493 e. The minimum Gasteiger partial charge on any atom is -0.493 e. The highest BCUT2D eigenvalue weighted by Gasteiger charge is 2.22. The average Bonchev–Trinajstić information content (AvgIpc) is 2.56. The quantitative estimate of drug-likeness (QED) is 0.722. The minimum atomic E-state index is -1.06. The van der Waals surface area contributed by atoms with E-state index < -0.39 is 17.9 Å². The molecule has 0 aliphatic carbocycles. The van der Waals surface area contributed by atoms with Crippen molar-refractivity contribution < 1.29 is 28.9 Å². The van der Waals surface area contributed by atoms with Crippen molar-refractivity contribution in [3.05, 3.63) is 17.7 Å². The fourth-order valence-corrected chi connectivity index (χ4v) is 2.12. The van der Waals surface area contributed by atoms with Gasteiger partial charge in [-0.2, -0.15) is 0 Å². The first-order valence-corrected chi connectivity index (χ1v) is 7.32. The van der Waals surface area contributed by atoms with Gasteiger partial charge in [0.15, 0.2) is 11.5 Å². The zero-order chi connectivity index (χ0) is 17.4. The molecular weight excluding hydrogens is 302 g/mol. The van der Waals surface area contributed by atoms with Crippen molar-refractivity contribution in [2.75, 3.05) is 21.3 Å². The molecule has 0 heterocycles. The maximum absolute atomic E-state index is 12.3. The van der Waals surface area contributed by atoms with Crippen LogP contribution in [0.4, 0.5) is 0 Å². The molecule has 23 heavy (non-hydrogen) atoms. The van der Waals surface area contributed by atoms with Gasteiger partial charge in [0.1, 0.15) is 6.04 Å². The Hall–Kier alpha value is -2.44. The first kappa shape index (κ1) is 18.6. The predicted molar refractivity (Wildman–Crippen MR) is 84.5 cm³/mol. The number of hydrogen-bond donors (Lipinski definition) is 2. The van der Waals surface area contributed by atoms with Gasteiger partial charge in [0.2, 0.25) is 5.75 Å². The molecule has 2 N–H and O–H groups in total. The lowest BCUT2D eigenvalue weighted by Crippen LogP contribution is -2.40. The number of aliphatic carboxylic acids is 1. The van der Waals surface area contributed by atoms with Crippen molar-refractivity contribution in [1.29, 1.82) is 0 Å². The summed E-state index contributed by atoms with van der Waals surface area (Å²) in [6.07, 6.45) is 1.94. The number of nitrogens with one attached hydrogen (secondary N) is 1. The summed E-state index contributed by atoms with van der Waals surface area (Å²) in [5, 5.41) is 11.7. The number of benzene rings is 1. The maximum Gasteiger partial charge on any atom is 0.326 e. The number of hydrogen-bond acceptors (Lipinski definition) is 5. The van der Waals surface area contributed by atoms with E-state index in [1.807, 2.05) is 6.92 Å². The summed E-state index contributed by atoms with van der Waals surface area (Å²) in [6.45, 7) is 1.96. The highest BCUT2D eigenvalue weighted by atomic mass is 16.5. The number of carbonyl (C=O) groups is 2. The van der Waals surface area contributed by atoms with E-state index in [4.69, 9.17) is 14.2 Å². The van der Waals surface area contributed by atoms with E-state index in [1.54, 1.807) is 0 Å². The van der Waals surface area contributed by atoms with E-state index >= 15 is 0 Å². The van der Waals surface area contributed by atoms with Crippen LogP contribution in [0, 0.1) is 0 Å². The fourth-order valence-electron chi connectivity index (χ4n) is 2.12. The Kier molecular flexibility index (Phi) is 7.18. The minimum absolute atomic E-state index is 0.238. The Morgan fingerprint density at radius 2 is 1.70 bits per heavy atom. The van der Waals surface area contributed by atoms with E-state index in [9.17, 15) is 14.7 Å². The van der Waals surface area contributed by atoms with Crippen LogP contribution in [-0.4, -0.2) is 44.4 Å². The molecule has 7 nitrogen and oxygen atoms in total. The summed E-state index contributed by atoms with van der Waals surface area (Å²) in [7, 11) is 4.35. The number of carboxylic acids is 1. The van der Waals surface area contributed by atoms with Crippen LogP contribution in [0.5, 0.6) is 17.2 Å². The number of amides is 1. The number of rotatable bonds is 9. The number of ether oxygens (including phenoxy) is 3. The van der Waals surface area contributed by atoms with Crippen LogP contribution >= 0.6 is 0 Å². The summed E-state index contributed by atoms with van der Waals surface area (Å²) in [4.78, 5) is 23.6. The molecule has 1 amide bonds. The van der Waals surface area contributed by atoms with Crippen LogP contribution in [0.1, 0.15) is 36.5 Å². The lowest BCUT2D eigenvalue weighted by molar-refractivity contribution is -0.139. The molecule has 0 saturated heterocycles. The van der Waals surface area contributed by atoms with Crippen molar-refractivity contribution >= 4 is 11.9 Å². The second-order valence-corrected chi connectivity index (χ2v) is 4.92. The van der Waals surface area contributed by atoms with Crippen LogP contribution in [0.15, 0.2) is 12.1 Å². The fraction of sp³-hybridized carbons (Fsp3) is 0.500. The van der Waals surface area contributed by atoms with E-state index in [1.165, 1.54) is 33.5 Å². The first-order chi connectivity index (χ1) is 11.0. The molecule has 0 bridgehead atoms.